The number of alkyl halides is 3. The fourth-order valence-corrected chi connectivity index (χ4v) is 3.21. The molecule has 0 atom stereocenters. The maximum absolute atomic E-state index is 13.1. The highest BCUT2D eigenvalue weighted by atomic mass is 19.4. The van der Waals surface area contributed by atoms with Gasteiger partial charge in [0.25, 0.3) is 0 Å². The lowest BCUT2D eigenvalue weighted by atomic mass is 10.0. The number of rotatable bonds is 4. The number of allylic oxidation sites excluding steroid dienone is 2. The number of carbonyl (C=O) groups is 2. The zero-order chi connectivity index (χ0) is 23.1. The predicted molar refractivity (Wildman–Crippen MR) is 113 cm³/mol. The van der Waals surface area contributed by atoms with Crippen LogP contribution in [0.3, 0.4) is 0 Å². The first-order valence-corrected chi connectivity index (χ1v) is 9.90. The minimum atomic E-state index is -5.00. The summed E-state index contributed by atoms with van der Waals surface area (Å²) >= 11 is 0. The number of ketones is 1. The average Bonchev–Trinajstić information content (AvgIpc) is 2.81. The summed E-state index contributed by atoms with van der Waals surface area (Å²) < 4.78 is 50.6. The Morgan fingerprint density at radius 3 is 2.50 bits per heavy atom. The third-order valence-electron chi connectivity index (χ3n) is 4.83. The number of benzene rings is 2. The van der Waals surface area contributed by atoms with Gasteiger partial charge in [0.05, 0.1) is 7.11 Å². The Kier molecular flexibility index (Phi) is 7.35. The molecular weight excluding hydrogens is 423 g/mol. The van der Waals surface area contributed by atoms with Gasteiger partial charge in [-0.2, -0.15) is 13.2 Å². The van der Waals surface area contributed by atoms with Gasteiger partial charge in [-0.1, -0.05) is 42.5 Å². The topological polar surface area (TPSA) is 55.8 Å². The normalized spacial score (nSPS) is 15.5. The van der Waals surface area contributed by atoms with Gasteiger partial charge in [-0.3, -0.25) is 9.59 Å². The quantitative estimate of drug-likeness (QED) is 0.684. The lowest BCUT2D eigenvalue weighted by Gasteiger charge is -2.25. The lowest BCUT2D eigenvalue weighted by Crippen LogP contribution is -2.41. The molecule has 32 heavy (non-hydrogen) atoms. The Labute approximate surface area is 183 Å². The molecule has 0 fully saturated rings. The first-order chi connectivity index (χ1) is 15.3. The maximum atomic E-state index is 13.1. The summed E-state index contributed by atoms with van der Waals surface area (Å²) in [6.45, 7) is -0.231. The molecule has 2 aromatic carbocycles. The van der Waals surface area contributed by atoms with Gasteiger partial charge in [0.2, 0.25) is 0 Å². The highest BCUT2D eigenvalue weighted by Gasteiger charge is 2.42. The van der Waals surface area contributed by atoms with Crippen LogP contribution in [0.1, 0.15) is 23.1 Å². The van der Waals surface area contributed by atoms with Gasteiger partial charge < -0.3 is 14.4 Å². The van der Waals surface area contributed by atoms with Gasteiger partial charge in [0.1, 0.15) is 6.61 Å². The monoisotopic (exact) mass is 445 g/mol. The molecule has 5 nitrogen and oxygen atoms in total. The van der Waals surface area contributed by atoms with Crippen molar-refractivity contribution in [3.63, 3.8) is 0 Å². The van der Waals surface area contributed by atoms with E-state index in [4.69, 9.17) is 9.47 Å². The average molecular weight is 445 g/mol. The van der Waals surface area contributed by atoms with Crippen LogP contribution in [0, 0.1) is 0 Å². The fourth-order valence-electron chi connectivity index (χ4n) is 3.21. The van der Waals surface area contributed by atoms with E-state index < -0.39 is 12.1 Å². The Morgan fingerprint density at radius 1 is 1.06 bits per heavy atom. The van der Waals surface area contributed by atoms with Crippen molar-refractivity contribution in [3.05, 3.63) is 77.4 Å². The van der Waals surface area contributed by atoms with Crippen molar-refractivity contribution in [2.75, 3.05) is 13.7 Å². The van der Waals surface area contributed by atoms with Gasteiger partial charge in [0.15, 0.2) is 17.3 Å². The second-order valence-electron chi connectivity index (χ2n) is 7.13. The van der Waals surface area contributed by atoms with Crippen LogP contribution in [0.2, 0.25) is 0 Å². The molecule has 3 rings (SSSR count). The van der Waals surface area contributed by atoms with Gasteiger partial charge in [-0.05, 0) is 47.4 Å². The van der Waals surface area contributed by atoms with Crippen LogP contribution in [0.15, 0.2) is 60.7 Å². The molecule has 0 saturated carbocycles. The predicted octanol–water partition coefficient (Wildman–Crippen LogP) is 4.71. The first kappa shape index (κ1) is 23.1. The van der Waals surface area contributed by atoms with Crippen molar-refractivity contribution in [2.24, 2.45) is 0 Å². The fraction of sp³-hybridized carbons (Fsp3) is 0.250. The van der Waals surface area contributed by atoms with E-state index in [9.17, 15) is 22.8 Å². The van der Waals surface area contributed by atoms with Crippen LogP contribution in [0.4, 0.5) is 13.2 Å². The minimum absolute atomic E-state index is 0.117. The molecule has 0 saturated heterocycles. The van der Waals surface area contributed by atoms with Gasteiger partial charge in [0, 0.05) is 13.1 Å². The van der Waals surface area contributed by atoms with Gasteiger partial charge in [-0.15, -0.1) is 0 Å². The summed E-state index contributed by atoms with van der Waals surface area (Å²) in [5, 5.41) is 0. The number of halogens is 3. The smallest absolute Gasteiger partial charge is 0.471 e. The second-order valence-corrected chi connectivity index (χ2v) is 7.13. The Balaban J connectivity index is 1.99. The standard InChI is InChI=1S/C24H22F3NO4/c1-31-21-14-19-15-28(23(30)24(25,26)27)12-6-5-9-20(29)11-10-18(19)13-22(21)32-16-17-7-3-2-4-8-17/h2-5,7-11,13-14H,6,12,15-16H2,1H3/b9-5?,11-10-. The summed E-state index contributed by atoms with van der Waals surface area (Å²) in [4.78, 5) is 24.7. The molecule has 1 amide bonds. The third kappa shape index (κ3) is 6.00. The van der Waals surface area contributed by atoms with Crippen molar-refractivity contribution in [1.82, 2.24) is 4.90 Å². The van der Waals surface area contributed by atoms with E-state index in [2.05, 4.69) is 0 Å². The lowest BCUT2D eigenvalue weighted by molar-refractivity contribution is -0.186. The number of amides is 1. The minimum Gasteiger partial charge on any atom is -0.493 e. The van der Waals surface area contributed by atoms with Crippen molar-refractivity contribution in [1.29, 1.82) is 0 Å². The van der Waals surface area contributed by atoms with Gasteiger partial charge in [-0.25, -0.2) is 0 Å². The molecule has 168 valence electrons. The molecule has 0 radical (unpaired) electrons. The molecule has 1 aliphatic rings. The summed E-state index contributed by atoms with van der Waals surface area (Å²) in [6, 6.07) is 12.5. The third-order valence-corrected chi connectivity index (χ3v) is 4.83. The van der Waals surface area contributed by atoms with Crippen molar-refractivity contribution >= 4 is 17.8 Å². The van der Waals surface area contributed by atoms with Gasteiger partial charge >= 0.3 is 12.1 Å². The molecule has 1 heterocycles. The van der Waals surface area contributed by atoms with E-state index in [1.807, 2.05) is 30.3 Å². The molecule has 0 aliphatic carbocycles. The van der Waals surface area contributed by atoms with E-state index in [0.717, 1.165) is 10.5 Å². The maximum Gasteiger partial charge on any atom is 0.471 e. The SMILES string of the molecule is COc1cc2c(cc1OCc1ccccc1)/C=C\C(=O)C=CCCN(C(=O)C(F)(F)F)C2. The molecule has 8 heteroatoms. The van der Waals surface area contributed by atoms with Crippen LogP contribution in [-0.2, 0) is 22.7 Å². The zero-order valence-corrected chi connectivity index (χ0v) is 17.4. The molecule has 0 N–H and O–H groups in total. The number of carbonyl (C=O) groups excluding carboxylic acids is 2. The Morgan fingerprint density at radius 2 is 1.81 bits per heavy atom. The van der Waals surface area contributed by atoms with Crippen molar-refractivity contribution in [3.8, 4) is 11.5 Å². The van der Waals surface area contributed by atoms with E-state index in [-0.39, 0.29) is 31.9 Å². The molecule has 2 aromatic rings. The van der Waals surface area contributed by atoms with Crippen LogP contribution in [-0.4, -0.2) is 36.4 Å². The molecule has 0 aromatic heterocycles. The number of hydrogen-bond donors (Lipinski definition) is 0. The Bertz CT molecular complexity index is 1030. The first-order valence-electron chi connectivity index (χ1n) is 9.90. The van der Waals surface area contributed by atoms with E-state index >= 15 is 0 Å². The summed E-state index contributed by atoms with van der Waals surface area (Å²) in [5.74, 6) is -1.57. The van der Waals surface area contributed by atoms with Crippen molar-refractivity contribution in [2.45, 2.75) is 25.7 Å². The second kappa shape index (κ2) is 10.2. The highest BCUT2D eigenvalue weighted by Crippen LogP contribution is 2.33. The number of hydrogen-bond acceptors (Lipinski definition) is 4. The van der Waals surface area contributed by atoms with E-state index in [0.29, 0.717) is 22.6 Å². The van der Waals surface area contributed by atoms with Crippen LogP contribution in [0.5, 0.6) is 11.5 Å². The van der Waals surface area contributed by atoms with E-state index in [1.54, 1.807) is 6.07 Å². The number of fused-ring (bicyclic) bond motifs is 1. The molecule has 0 spiro atoms. The Hall–Kier alpha value is -3.55. The molecule has 0 unspecified atom stereocenters. The zero-order valence-electron chi connectivity index (χ0n) is 17.4. The molecule has 1 aliphatic heterocycles. The molecular formula is C24H22F3NO4. The van der Waals surface area contributed by atoms with E-state index in [1.165, 1.54) is 37.5 Å². The van der Waals surface area contributed by atoms with Crippen molar-refractivity contribution < 1.29 is 32.2 Å². The van der Waals surface area contributed by atoms with Crippen LogP contribution >= 0.6 is 0 Å². The van der Waals surface area contributed by atoms with Crippen LogP contribution in [0.25, 0.3) is 6.08 Å². The largest absolute Gasteiger partial charge is 0.493 e. The number of methoxy groups -OCH3 is 1. The molecule has 0 bridgehead atoms. The summed E-state index contributed by atoms with van der Waals surface area (Å²) in [6.07, 6.45) is 0.662. The summed E-state index contributed by atoms with van der Waals surface area (Å²) in [5.41, 5.74) is 1.78. The number of ether oxygens (including phenoxy) is 2. The van der Waals surface area contributed by atoms with Crippen LogP contribution < -0.4 is 9.47 Å². The summed E-state index contributed by atoms with van der Waals surface area (Å²) in [7, 11) is 1.42. The number of nitrogens with zero attached hydrogens (tertiary/aromatic N) is 1. The highest BCUT2D eigenvalue weighted by molar-refractivity contribution is 6.02.